The minimum atomic E-state index is -3.62. The van der Waals surface area contributed by atoms with Crippen molar-refractivity contribution in [3.05, 3.63) is 47.3 Å². The summed E-state index contributed by atoms with van der Waals surface area (Å²) in [5.41, 5.74) is 0.824. The van der Waals surface area contributed by atoms with Crippen molar-refractivity contribution in [1.82, 2.24) is 4.90 Å². The van der Waals surface area contributed by atoms with Crippen molar-refractivity contribution >= 4 is 33.0 Å². The van der Waals surface area contributed by atoms with E-state index in [0.29, 0.717) is 31.0 Å². The Balaban J connectivity index is 1.80. The zero-order valence-electron chi connectivity index (χ0n) is 13.1. The zero-order valence-corrected chi connectivity index (χ0v) is 14.8. The quantitative estimate of drug-likeness (QED) is 0.902. The van der Waals surface area contributed by atoms with E-state index >= 15 is 0 Å². The summed E-state index contributed by atoms with van der Waals surface area (Å²) in [6.45, 7) is 3.49. The molecule has 1 atom stereocenters. The standard InChI is InChI=1S/C16H18N2O4S2/c1-12-11-22-8-7-18(12)16(19)13-4-2-5-14(10-13)17-24(20,21)15-6-3-9-23-15/h2-6,9-10,12,17H,7-8,11H2,1H3. The minimum Gasteiger partial charge on any atom is -0.377 e. The first-order valence-corrected chi connectivity index (χ1v) is 9.89. The topological polar surface area (TPSA) is 75.7 Å². The summed E-state index contributed by atoms with van der Waals surface area (Å²) in [4.78, 5) is 14.4. The third-order valence-corrected chi connectivity index (χ3v) is 6.53. The Morgan fingerprint density at radius 1 is 1.33 bits per heavy atom. The predicted octanol–water partition coefficient (Wildman–Crippen LogP) is 2.41. The summed E-state index contributed by atoms with van der Waals surface area (Å²) in [5, 5.41) is 1.70. The molecule has 0 saturated carbocycles. The predicted molar refractivity (Wildman–Crippen MR) is 92.9 cm³/mol. The van der Waals surface area contributed by atoms with Gasteiger partial charge in [-0.15, -0.1) is 11.3 Å². The number of anilines is 1. The fraction of sp³-hybridized carbons (Fsp3) is 0.312. The minimum absolute atomic E-state index is 0.00211. The van der Waals surface area contributed by atoms with Crippen LogP contribution in [0.25, 0.3) is 0 Å². The summed E-state index contributed by atoms with van der Waals surface area (Å²) in [6, 6.07) is 9.77. The van der Waals surface area contributed by atoms with Gasteiger partial charge in [0.25, 0.3) is 15.9 Å². The van der Waals surface area contributed by atoms with Crippen molar-refractivity contribution < 1.29 is 17.9 Å². The third-order valence-electron chi connectivity index (χ3n) is 3.75. The van der Waals surface area contributed by atoms with Crippen LogP contribution in [0, 0.1) is 0 Å². The van der Waals surface area contributed by atoms with Gasteiger partial charge in [-0.3, -0.25) is 9.52 Å². The SMILES string of the molecule is CC1COCCN1C(=O)c1cccc(NS(=O)(=O)c2cccs2)c1. The van der Waals surface area contributed by atoms with E-state index in [-0.39, 0.29) is 16.2 Å². The Hall–Kier alpha value is -1.90. The average Bonchev–Trinajstić information content (AvgIpc) is 3.10. The van der Waals surface area contributed by atoms with Gasteiger partial charge < -0.3 is 9.64 Å². The highest BCUT2D eigenvalue weighted by molar-refractivity contribution is 7.94. The van der Waals surface area contributed by atoms with Gasteiger partial charge in [0, 0.05) is 17.8 Å². The lowest BCUT2D eigenvalue weighted by molar-refractivity contribution is 0.00360. The number of hydrogen-bond acceptors (Lipinski definition) is 5. The van der Waals surface area contributed by atoms with Crippen molar-refractivity contribution in [2.75, 3.05) is 24.5 Å². The second kappa shape index (κ2) is 6.92. The van der Waals surface area contributed by atoms with E-state index < -0.39 is 10.0 Å². The maximum absolute atomic E-state index is 12.7. The Kier molecular flexibility index (Phi) is 4.88. The molecule has 1 aromatic carbocycles. The Labute approximate surface area is 145 Å². The van der Waals surface area contributed by atoms with Crippen LogP contribution in [0.5, 0.6) is 0 Å². The summed E-state index contributed by atoms with van der Waals surface area (Å²) in [7, 11) is -3.62. The van der Waals surface area contributed by atoms with Crippen molar-refractivity contribution in [2.45, 2.75) is 17.2 Å². The van der Waals surface area contributed by atoms with Gasteiger partial charge >= 0.3 is 0 Å². The maximum atomic E-state index is 12.7. The van der Waals surface area contributed by atoms with E-state index in [9.17, 15) is 13.2 Å². The molecular formula is C16H18N2O4S2. The number of morpholine rings is 1. The Morgan fingerprint density at radius 2 is 2.17 bits per heavy atom. The molecule has 0 aliphatic carbocycles. The van der Waals surface area contributed by atoms with Crippen molar-refractivity contribution in [1.29, 1.82) is 0 Å². The van der Waals surface area contributed by atoms with Crippen molar-refractivity contribution in [3.8, 4) is 0 Å². The summed E-state index contributed by atoms with van der Waals surface area (Å²) < 4.78 is 32.7. The number of amides is 1. The second-order valence-electron chi connectivity index (χ2n) is 5.54. The van der Waals surface area contributed by atoms with E-state index in [1.807, 2.05) is 6.92 Å². The van der Waals surface area contributed by atoms with Crippen molar-refractivity contribution in [3.63, 3.8) is 0 Å². The van der Waals surface area contributed by atoms with Crippen LogP contribution in [0.15, 0.2) is 46.0 Å². The molecule has 1 N–H and O–H groups in total. The Bertz CT molecular complexity index is 818. The lowest BCUT2D eigenvalue weighted by atomic mass is 10.1. The molecular weight excluding hydrogens is 348 g/mol. The highest BCUT2D eigenvalue weighted by Crippen LogP contribution is 2.22. The lowest BCUT2D eigenvalue weighted by Gasteiger charge is -2.33. The van der Waals surface area contributed by atoms with Gasteiger partial charge in [0.1, 0.15) is 4.21 Å². The molecule has 6 nitrogen and oxygen atoms in total. The molecule has 1 saturated heterocycles. The molecule has 0 spiro atoms. The number of carbonyl (C=O) groups excluding carboxylic acids is 1. The number of nitrogens with zero attached hydrogens (tertiary/aromatic N) is 1. The normalized spacial score (nSPS) is 18.4. The van der Waals surface area contributed by atoms with Crippen LogP contribution >= 0.6 is 11.3 Å². The number of nitrogens with one attached hydrogen (secondary N) is 1. The lowest BCUT2D eigenvalue weighted by Crippen LogP contribution is -2.47. The molecule has 0 bridgehead atoms. The summed E-state index contributed by atoms with van der Waals surface area (Å²) in [5.74, 6) is -0.122. The molecule has 1 unspecified atom stereocenters. The van der Waals surface area contributed by atoms with Gasteiger partial charge in [-0.25, -0.2) is 8.42 Å². The van der Waals surface area contributed by atoms with Crippen LogP contribution in [0.1, 0.15) is 17.3 Å². The molecule has 128 valence electrons. The number of thiophene rings is 1. The monoisotopic (exact) mass is 366 g/mol. The first kappa shape index (κ1) is 16.9. The van der Waals surface area contributed by atoms with E-state index in [1.54, 1.807) is 40.6 Å². The summed E-state index contributed by atoms with van der Waals surface area (Å²) in [6.07, 6.45) is 0. The number of hydrogen-bond donors (Lipinski definition) is 1. The second-order valence-corrected chi connectivity index (χ2v) is 8.40. The average molecular weight is 366 g/mol. The molecule has 3 rings (SSSR count). The number of rotatable bonds is 4. The largest absolute Gasteiger partial charge is 0.377 e. The molecule has 1 amide bonds. The molecule has 24 heavy (non-hydrogen) atoms. The fourth-order valence-corrected chi connectivity index (χ4v) is 4.57. The fourth-order valence-electron chi connectivity index (χ4n) is 2.53. The smallest absolute Gasteiger partial charge is 0.271 e. The third kappa shape index (κ3) is 3.61. The zero-order chi connectivity index (χ0) is 17.2. The molecule has 1 fully saturated rings. The summed E-state index contributed by atoms with van der Waals surface area (Å²) >= 11 is 1.14. The van der Waals surface area contributed by atoms with Gasteiger partial charge in [0.15, 0.2) is 0 Å². The van der Waals surface area contributed by atoms with Gasteiger partial charge in [0.05, 0.1) is 19.3 Å². The van der Waals surface area contributed by atoms with Gasteiger partial charge in [-0.2, -0.15) is 0 Å². The van der Waals surface area contributed by atoms with Crippen LogP contribution < -0.4 is 4.72 Å². The molecule has 1 aliphatic heterocycles. The molecule has 1 aromatic heterocycles. The van der Waals surface area contributed by atoms with Crippen LogP contribution in [0.4, 0.5) is 5.69 Å². The van der Waals surface area contributed by atoms with Crippen LogP contribution in [-0.2, 0) is 14.8 Å². The molecule has 8 heteroatoms. The van der Waals surface area contributed by atoms with Gasteiger partial charge in [-0.1, -0.05) is 12.1 Å². The van der Waals surface area contributed by atoms with E-state index in [0.717, 1.165) is 11.3 Å². The van der Waals surface area contributed by atoms with Crippen molar-refractivity contribution in [2.24, 2.45) is 0 Å². The molecule has 2 aromatic rings. The van der Waals surface area contributed by atoms with E-state index in [1.165, 1.54) is 6.07 Å². The highest BCUT2D eigenvalue weighted by atomic mass is 32.2. The first-order chi connectivity index (χ1) is 11.5. The first-order valence-electron chi connectivity index (χ1n) is 7.52. The van der Waals surface area contributed by atoms with Crippen LogP contribution in [0.2, 0.25) is 0 Å². The number of sulfonamides is 1. The number of carbonyl (C=O) groups is 1. The van der Waals surface area contributed by atoms with Crippen LogP contribution in [-0.4, -0.2) is 45.0 Å². The van der Waals surface area contributed by atoms with E-state index in [2.05, 4.69) is 4.72 Å². The Morgan fingerprint density at radius 3 is 2.88 bits per heavy atom. The molecule has 2 heterocycles. The van der Waals surface area contributed by atoms with Gasteiger partial charge in [0.2, 0.25) is 0 Å². The maximum Gasteiger partial charge on any atom is 0.271 e. The number of ether oxygens (including phenoxy) is 1. The molecule has 1 aliphatic rings. The van der Waals surface area contributed by atoms with Gasteiger partial charge in [-0.05, 0) is 36.6 Å². The number of benzene rings is 1. The van der Waals surface area contributed by atoms with Crippen LogP contribution in [0.3, 0.4) is 0 Å². The highest BCUT2D eigenvalue weighted by Gasteiger charge is 2.25. The van der Waals surface area contributed by atoms with E-state index in [4.69, 9.17) is 4.74 Å². The molecule has 0 radical (unpaired) electrons.